The summed E-state index contributed by atoms with van der Waals surface area (Å²) < 4.78 is 16.3. The average Bonchev–Trinajstić information content (AvgIpc) is 3.14. The number of anilines is 1. The molecular weight excluding hydrogens is 384 g/mol. The van der Waals surface area contributed by atoms with E-state index >= 15 is 0 Å². The number of para-hydroxylation sites is 3. The van der Waals surface area contributed by atoms with Crippen LogP contribution in [0.25, 0.3) is 11.0 Å². The van der Waals surface area contributed by atoms with Gasteiger partial charge in [0.05, 0.1) is 12.8 Å². The average molecular weight is 408 g/mol. The summed E-state index contributed by atoms with van der Waals surface area (Å²) in [5, 5.41) is 0.864. The lowest BCUT2D eigenvalue weighted by atomic mass is 10.1. The highest BCUT2D eigenvalue weighted by Crippen LogP contribution is 2.28. The van der Waals surface area contributed by atoms with Crippen molar-refractivity contribution in [2.24, 2.45) is 0 Å². The van der Waals surface area contributed by atoms with E-state index in [0.717, 1.165) is 16.8 Å². The number of esters is 1. The molecule has 1 aromatic heterocycles. The number of rotatable bonds is 5. The first-order valence-corrected chi connectivity index (χ1v) is 9.89. The van der Waals surface area contributed by atoms with Crippen molar-refractivity contribution in [3.05, 3.63) is 59.9 Å². The molecule has 1 aliphatic heterocycles. The van der Waals surface area contributed by atoms with Crippen LogP contribution in [0.5, 0.6) is 5.75 Å². The van der Waals surface area contributed by atoms with E-state index in [0.29, 0.717) is 37.3 Å². The maximum absolute atomic E-state index is 12.5. The fourth-order valence-electron chi connectivity index (χ4n) is 3.74. The van der Waals surface area contributed by atoms with Gasteiger partial charge in [-0.3, -0.25) is 4.79 Å². The zero-order chi connectivity index (χ0) is 21.1. The van der Waals surface area contributed by atoms with Gasteiger partial charge in [0.1, 0.15) is 11.3 Å². The summed E-state index contributed by atoms with van der Waals surface area (Å²) in [5.41, 5.74) is 2.35. The number of carbonyl (C=O) groups is 2. The predicted molar refractivity (Wildman–Crippen MR) is 113 cm³/mol. The summed E-state index contributed by atoms with van der Waals surface area (Å²) in [6.45, 7) is 3.98. The predicted octanol–water partition coefficient (Wildman–Crippen LogP) is 3.26. The molecule has 2 heterocycles. The number of furan rings is 1. The van der Waals surface area contributed by atoms with Gasteiger partial charge in [0.15, 0.2) is 6.61 Å². The lowest BCUT2D eigenvalue weighted by molar-refractivity contribution is -0.134. The van der Waals surface area contributed by atoms with Crippen molar-refractivity contribution < 1.29 is 23.5 Å². The van der Waals surface area contributed by atoms with E-state index in [9.17, 15) is 9.59 Å². The zero-order valence-corrected chi connectivity index (χ0v) is 17.1. The molecule has 7 nitrogen and oxygen atoms in total. The van der Waals surface area contributed by atoms with Crippen molar-refractivity contribution in [3.8, 4) is 5.75 Å². The van der Waals surface area contributed by atoms with Crippen molar-refractivity contribution in [1.82, 2.24) is 4.90 Å². The molecule has 0 saturated carbocycles. The van der Waals surface area contributed by atoms with Crippen LogP contribution in [-0.2, 0) is 9.53 Å². The quantitative estimate of drug-likeness (QED) is 0.604. The summed E-state index contributed by atoms with van der Waals surface area (Å²) >= 11 is 0. The molecule has 0 aliphatic carbocycles. The molecule has 4 rings (SSSR count). The Morgan fingerprint density at radius 1 is 1.00 bits per heavy atom. The van der Waals surface area contributed by atoms with E-state index < -0.39 is 5.97 Å². The number of piperazine rings is 1. The van der Waals surface area contributed by atoms with E-state index in [-0.39, 0.29) is 18.3 Å². The molecule has 0 spiro atoms. The Balaban J connectivity index is 1.33. The lowest BCUT2D eigenvalue weighted by Crippen LogP contribution is -2.50. The van der Waals surface area contributed by atoms with Crippen molar-refractivity contribution >= 4 is 28.5 Å². The van der Waals surface area contributed by atoms with E-state index in [2.05, 4.69) is 4.90 Å². The molecule has 2 aromatic carbocycles. The van der Waals surface area contributed by atoms with Crippen LogP contribution in [0.3, 0.4) is 0 Å². The molecular formula is C23H24N2O5. The first-order valence-electron chi connectivity index (χ1n) is 9.89. The van der Waals surface area contributed by atoms with Crippen LogP contribution < -0.4 is 9.64 Å². The van der Waals surface area contributed by atoms with Crippen LogP contribution in [0.2, 0.25) is 0 Å². The summed E-state index contributed by atoms with van der Waals surface area (Å²) in [5.74, 6) is 0.124. The van der Waals surface area contributed by atoms with E-state index in [1.807, 2.05) is 42.5 Å². The smallest absolute Gasteiger partial charge is 0.375 e. The van der Waals surface area contributed by atoms with Gasteiger partial charge in [-0.05, 0) is 25.1 Å². The molecule has 0 bridgehead atoms. The molecule has 1 amide bonds. The molecule has 30 heavy (non-hydrogen) atoms. The standard InChI is InChI=1S/C23H24N2O5/c1-16-17-7-3-5-9-19(17)30-22(16)23(27)29-15-21(26)25-13-11-24(12-14-25)18-8-4-6-10-20(18)28-2/h3-10H,11-15H2,1-2H3. The monoisotopic (exact) mass is 408 g/mol. The highest BCUT2D eigenvalue weighted by Gasteiger charge is 2.25. The normalized spacial score (nSPS) is 14.1. The zero-order valence-electron chi connectivity index (χ0n) is 17.1. The number of hydrogen-bond donors (Lipinski definition) is 0. The van der Waals surface area contributed by atoms with Crippen LogP contribution in [-0.4, -0.2) is 56.7 Å². The second-order valence-corrected chi connectivity index (χ2v) is 7.17. The number of amides is 1. The van der Waals surface area contributed by atoms with Gasteiger partial charge in [-0.25, -0.2) is 4.79 Å². The van der Waals surface area contributed by atoms with Crippen molar-refractivity contribution in [2.75, 3.05) is 44.8 Å². The van der Waals surface area contributed by atoms with Gasteiger partial charge in [0, 0.05) is 37.1 Å². The lowest BCUT2D eigenvalue weighted by Gasteiger charge is -2.36. The first-order chi connectivity index (χ1) is 14.6. The minimum absolute atomic E-state index is 0.144. The molecule has 1 fully saturated rings. The van der Waals surface area contributed by atoms with Gasteiger partial charge in [0.25, 0.3) is 5.91 Å². The van der Waals surface area contributed by atoms with Gasteiger partial charge < -0.3 is 23.7 Å². The number of ether oxygens (including phenoxy) is 2. The number of carbonyl (C=O) groups excluding carboxylic acids is 2. The van der Waals surface area contributed by atoms with Gasteiger partial charge in [-0.1, -0.05) is 30.3 Å². The van der Waals surface area contributed by atoms with E-state index in [4.69, 9.17) is 13.9 Å². The number of fused-ring (bicyclic) bond motifs is 1. The topological polar surface area (TPSA) is 72.2 Å². The van der Waals surface area contributed by atoms with Gasteiger partial charge >= 0.3 is 5.97 Å². The van der Waals surface area contributed by atoms with Crippen molar-refractivity contribution in [2.45, 2.75) is 6.92 Å². The third-order valence-electron chi connectivity index (χ3n) is 5.41. The van der Waals surface area contributed by atoms with Crippen LogP contribution >= 0.6 is 0 Å². The molecule has 0 atom stereocenters. The largest absolute Gasteiger partial charge is 0.495 e. The van der Waals surface area contributed by atoms with Crippen LogP contribution in [0.15, 0.2) is 52.9 Å². The highest BCUT2D eigenvalue weighted by molar-refractivity contribution is 5.96. The minimum atomic E-state index is -0.621. The Labute approximate surface area is 174 Å². The highest BCUT2D eigenvalue weighted by atomic mass is 16.5. The number of benzene rings is 2. The molecule has 1 saturated heterocycles. The number of nitrogens with zero attached hydrogens (tertiary/aromatic N) is 2. The van der Waals surface area contributed by atoms with E-state index in [1.165, 1.54) is 0 Å². The Bertz CT molecular complexity index is 1070. The molecule has 7 heteroatoms. The van der Waals surface area contributed by atoms with Crippen molar-refractivity contribution in [1.29, 1.82) is 0 Å². The first kappa shape index (κ1) is 19.8. The fraction of sp³-hybridized carbons (Fsp3) is 0.304. The van der Waals surface area contributed by atoms with Crippen LogP contribution in [0.4, 0.5) is 5.69 Å². The molecule has 0 N–H and O–H groups in total. The summed E-state index contributed by atoms with van der Waals surface area (Å²) in [7, 11) is 1.65. The maximum Gasteiger partial charge on any atom is 0.375 e. The van der Waals surface area contributed by atoms with Gasteiger partial charge in [0.2, 0.25) is 5.76 Å². The van der Waals surface area contributed by atoms with Gasteiger partial charge in [-0.15, -0.1) is 0 Å². The fourth-order valence-corrected chi connectivity index (χ4v) is 3.74. The van der Waals surface area contributed by atoms with Crippen LogP contribution in [0, 0.1) is 6.92 Å². The number of aryl methyl sites for hydroxylation is 1. The Kier molecular flexibility index (Phi) is 5.61. The molecule has 156 valence electrons. The Morgan fingerprint density at radius 3 is 2.43 bits per heavy atom. The summed E-state index contributed by atoms with van der Waals surface area (Å²) in [6, 6.07) is 15.2. The second kappa shape index (κ2) is 8.49. The molecule has 0 unspecified atom stereocenters. The summed E-state index contributed by atoms with van der Waals surface area (Å²) in [6.07, 6.45) is 0. The van der Waals surface area contributed by atoms with Gasteiger partial charge in [-0.2, -0.15) is 0 Å². The second-order valence-electron chi connectivity index (χ2n) is 7.17. The number of hydrogen-bond acceptors (Lipinski definition) is 6. The molecule has 3 aromatic rings. The molecule has 1 aliphatic rings. The maximum atomic E-state index is 12.5. The van der Waals surface area contributed by atoms with Crippen LogP contribution in [0.1, 0.15) is 16.1 Å². The van der Waals surface area contributed by atoms with E-state index in [1.54, 1.807) is 25.0 Å². The number of methoxy groups -OCH3 is 1. The minimum Gasteiger partial charge on any atom is -0.495 e. The SMILES string of the molecule is COc1ccccc1N1CCN(C(=O)COC(=O)c2oc3ccccc3c2C)CC1. The third-order valence-corrected chi connectivity index (χ3v) is 5.41. The van der Waals surface area contributed by atoms with Crippen molar-refractivity contribution in [3.63, 3.8) is 0 Å². The third kappa shape index (κ3) is 3.83. The Hall–Kier alpha value is -3.48. The molecule has 0 radical (unpaired) electrons. The summed E-state index contributed by atoms with van der Waals surface area (Å²) in [4.78, 5) is 28.9. The Morgan fingerprint density at radius 2 is 1.70 bits per heavy atom.